The highest BCUT2D eigenvalue weighted by Gasteiger charge is 2.47. The number of esters is 2. The molecule has 1 saturated heterocycles. The molecule has 0 saturated carbocycles. The van der Waals surface area contributed by atoms with E-state index in [1.165, 1.54) is 5.57 Å². The van der Waals surface area contributed by atoms with Gasteiger partial charge >= 0.3 is 11.9 Å². The number of carbonyl (C=O) groups is 2. The molecule has 0 radical (unpaired) electrons. The fourth-order valence-electron chi connectivity index (χ4n) is 6.56. The summed E-state index contributed by atoms with van der Waals surface area (Å²) in [5, 5.41) is 0.178. The van der Waals surface area contributed by atoms with Gasteiger partial charge in [-0.3, -0.25) is 9.59 Å². The SMILES string of the molecule is CCC(CC)C(=O)O[C@@H]1C[C@H](O[Si](C)(C)C(C)(C)C)C=C2C=C[C@H](C)[C@H](CC[C@@H]3C[C@@H](O[Si](C)(C)C(C)(C)C)CC(=O)O3)[C@H]21. The lowest BCUT2D eigenvalue weighted by Gasteiger charge is -2.46. The van der Waals surface area contributed by atoms with E-state index in [1.54, 1.807) is 0 Å². The van der Waals surface area contributed by atoms with Crippen LogP contribution < -0.4 is 0 Å². The van der Waals surface area contributed by atoms with Crippen LogP contribution in [0.25, 0.3) is 0 Å². The van der Waals surface area contributed by atoms with Crippen molar-refractivity contribution in [2.75, 3.05) is 0 Å². The summed E-state index contributed by atoms with van der Waals surface area (Å²) in [6.07, 6.45) is 11.3. The first-order valence-corrected chi connectivity index (χ1v) is 23.2. The lowest BCUT2D eigenvalue weighted by atomic mass is 9.66. The molecule has 252 valence electrons. The molecule has 1 aliphatic heterocycles. The highest BCUT2D eigenvalue weighted by Crippen LogP contribution is 2.47. The fourth-order valence-corrected chi connectivity index (χ4v) is 9.20. The Bertz CT molecular complexity index is 1060. The minimum absolute atomic E-state index is 0.0760. The van der Waals surface area contributed by atoms with Crippen LogP contribution in [-0.2, 0) is 27.9 Å². The molecule has 0 bridgehead atoms. The summed E-state index contributed by atoms with van der Waals surface area (Å²) in [4.78, 5) is 26.1. The van der Waals surface area contributed by atoms with Crippen molar-refractivity contribution in [2.45, 2.75) is 168 Å². The zero-order valence-corrected chi connectivity index (χ0v) is 32.3. The van der Waals surface area contributed by atoms with Crippen LogP contribution in [0.2, 0.25) is 36.3 Å². The Kier molecular flexibility index (Phi) is 12.1. The molecular weight excluding hydrogens is 585 g/mol. The Hall–Kier alpha value is -1.23. The minimum Gasteiger partial charge on any atom is -0.462 e. The highest BCUT2D eigenvalue weighted by atomic mass is 28.4. The molecule has 1 fully saturated rings. The van der Waals surface area contributed by atoms with Crippen LogP contribution in [0.5, 0.6) is 0 Å². The first-order valence-electron chi connectivity index (χ1n) is 17.3. The number of cyclic esters (lactones) is 1. The summed E-state index contributed by atoms with van der Waals surface area (Å²) in [5.41, 5.74) is 1.23. The van der Waals surface area contributed by atoms with Gasteiger partial charge in [0, 0.05) is 18.8 Å². The Morgan fingerprint density at radius 1 is 0.955 bits per heavy atom. The third-order valence-electron chi connectivity index (χ3n) is 11.5. The molecule has 3 aliphatic rings. The van der Waals surface area contributed by atoms with E-state index in [4.69, 9.17) is 18.3 Å². The van der Waals surface area contributed by atoms with Gasteiger partial charge in [0.05, 0.1) is 24.5 Å². The van der Waals surface area contributed by atoms with E-state index in [2.05, 4.69) is 107 Å². The van der Waals surface area contributed by atoms with Gasteiger partial charge in [0.1, 0.15) is 12.2 Å². The number of fused-ring (bicyclic) bond motifs is 1. The second-order valence-electron chi connectivity index (χ2n) is 16.8. The Balaban J connectivity index is 1.83. The lowest BCUT2D eigenvalue weighted by molar-refractivity contribution is -0.162. The topological polar surface area (TPSA) is 71.1 Å². The van der Waals surface area contributed by atoms with Gasteiger partial charge in [0.25, 0.3) is 0 Å². The molecule has 44 heavy (non-hydrogen) atoms. The maximum atomic E-state index is 13.4. The van der Waals surface area contributed by atoms with Crippen LogP contribution >= 0.6 is 0 Å². The molecule has 3 rings (SSSR count). The molecule has 7 atom stereocenters. The Morgan fingerprint density at radius 3 is 2.11 bits per heavy atom. The van der Waals surface area contributed by atoms with Crippen molar-refractivity contribution in [3.05, 3.63) is 23.8 Å². The molecule has 0 spiro atoms. The van der Waals surface area contributed by atoms with E-state index in [-0.39, 0.29) is 64.2 Å². The van der Waals surface area contributed by atoms with E-state index in [9.17, 15) is 9.59 Å². The van der Waals surface area contributed by atoms with Crippen molar-refractivity contribution >= 4 is 28.6 Å². The molecule has 0 aromatic rings. The normalized spacial score (nSPS) is 30.1. The highest BCUT2D eigenvalue weighted by molar-refractivity contribution is 6.74. The lowest BCUT2D eigenvalue weighted by Crippen LogP contribution is -2.48. The molecule has 0 aromatic carbocycles. The van der Waals surface area contributed by atoms with E-state index in [0.29, 0.717) is 18.8 Å². The van der Waals surface area contributed by atoms with Crippen LogP contribution in [0.4, 0.5) is 0 Å². The smallest absolute Gasteiger partial charge is 0.309 e. The summed E-state index contributed by atoms with van der Waals surface area (Å²) < 4.78 is 25.9. The number of hydrogen-bond donors (Lipinski definition) is 0. The standard InChI is InChI=1S/C36H64O6Si2/c1-14-25(15-2)34(38)40-31-22-28(41-43(10,11)35(4,5)6)20-26-17-16-24(3)30(33(26)31)19-18-27-21-29(23-32(37)39-27)42-44(12,13)36(7,8)9/h16-17,20,24-25,27-31,33H,14-15,18-19,21-23H2,1-13H3/t24-,27+,28+,29+,30-,31+,33-/m0/s1. The van der Waals surface area contributed by atoms with Gasteiger partial charge in [-0.15, -0.1) is 0 Å². The third kappa shape index (κ3) is 8.98. The largest absolute Gasteiger partial charge is 0.462 e. The zero-order valence-electron chi connectivity index (χ0n) is 30.3. The molecule has 0 aromatic heterocycles. The van der Waals surface area contributed by atoms with Gasteiger partial charge in [-0.05, 0) is 79.4 Å². The maximum Gasteiger partial charge on any atom is 0.309 e. The van der Waals surface area contributed by atoms with E-state index in [0.717, 1.165) is 32.1 Å². The summed E-state index contributed by atoms with van der Waals surface area (Å²) in [6.45, 7) is 29.0. The van der Waals surface area contributed by atoms with Gasteiger partial charge in [-0.2, -0.15) is 0 Å². The number of carbonyl (C=O) groups excluding carboxylic acids is 2. The van der Waals surface area contributed by atoms with E-state index >= 15 is 0 Å². The van der Waals surface area contributed by atoms with Crippen molar-refractivity contribution in [1.82, 2.24) is 0 Å². The predicted molar refractivity (Wildman–Crippen MR) is 184 cm³/mol. The molecule has 2 aliphatic carbocycles. The van der Waals surface area contributed by atoms with Gasteiger partial charge in [-0.25, -0.2) is 0 Å². The predicted octanol–water partition coefficient (Wildman–Crippen LogP) is 9.37. The van der Waals surface area contributed by atoms with Crippen LogP contribution in [0.1, 0.15) is 107 Å². The summed E-state index contributed by atoms with van der Waals surface area (Å²) in [5.74, 6) is 0.384. The van der Waals surface area contributed by atoms with Gasteiger partial charge < -0.3 is 18.3 Å². The van der Waals surface area contributed by atoms with Crippen molar-refractivity contribution in [1.29, 1.82) is 0 Å². The second-order valence-corrected chi connectivity index (χ2v) is 26.4. The van der Waals surface area contributed by atoms with Gasteiger partial charge in [-0.1, -0.05) is 80.5 Å². The fraction of sp³-hybridized carbons (Fsp3) is 0.833. The molecule has 0 amide bonds. The quantitative estimate of drug-likeness (QED) is 0.164. The van der Waals surface area contributed by atoms with Crippen molar-refractivity contribution in [2.24, 2.45) is 23.7 Å². The number of rotatable bonds is 11. The summed E-state index contributed by atoms with van der Waals surface area (Å²) >= 11 is 0. The van der Waals surface area contributed by atoms with Crippen LogP contribution in [0.15, 0.2) is 23.8 Å². The van der Waals surface area contributed by atoms with Crippen LogP contribution in [0.3, 0.4) is 0 Å². The average Bonchev–Trinajstić information content (AvgIpc) is 2.87. The first-order chi connectivity index (χ1) is 20.2. The monoisotopic (exact) mass is 648 g/mol. The first kappa shape index (κ1) is 37.2. The number of ether oxygens (including phenoxy) is 2. The zero-order chi connectivity index (χ0) is 33.3. The molecule has 0 unspecified atom stereocenters. The third-order valence-corrected chi connectivity index (χ3v) is 20.5. The van der Waals surface area contributed by atoms with E-state index < -0.39 is 16.6 Å². The summed E-state index contributed by atoms with van der Waals surface area (Å²) in [7, 11) is -4.03. The Morgan fingerprint density at radius 2 is 1.55 bits per heavy atom. The van der Waals surface area contributed by atoms with Gasteiger partial charge in [0.15, 0.2) is 16.6 Å². The van der Waals surface area contributed by atoms with Crippen LogP contribution in [-0.4, -0.2) is 53.0 Å². The van der Waals surface area contributed by atoms with Crippen molar-refractivity contribution < 1.29 is 27.9 Å². The van der Waals surface area contributed by atoms with Gasteiger partial charge in [0.2, 0.25) is 0 Å². The Labute approximate surface area is 271 Å². The summed E-state index contributed by atoms with van der Waals surface area (Å²) in [6, 6.07) is 0. The number of allylic oxidation sites excluding steroid dienone is 2. The molecule has 1 heterocycles. The van der Waals surface area contributed by atoms with Crippen molar-refractivity contribution in [3.63, 3.8) is 0 Å². The average molecular weight is 649 g/mol. The molecule has 0 N–H and O–H groups in total. The van der Waals surface area contributed by atoms with E-state index in [1.807, 2.05) is 0 Å². The molecular formula is C36H64O6Si2. The molecule has 6 nitrogen and oxygen atoms in total. The van der Waals surface area contributed by atoms with Crippen molar-refractivity contribution in [3.8, 4) is 0 Å². The maximum absolute atomic E-state index is 13.4. The van der Waals surface area contributed by atoms with Crippen LogP contribution in [0, 0.1) is 23.7 Å². The number of hydrogen-bond acceptors (Lipinski definition) is 6. The minimum atomic E-state index is -2.03. The second kappa shape index (κ2) is 14.3. The molecule has 8 heteroatoms.